The molecule has 3 heterocycles. The molecule has 1 aliphatic heterocycles. The molecule has 2 aromatic heterocycles. The maximum atomic E-state index is 12.9. The highest BCUT2D eigenvalue weighted by Crippen LogP contribution is 2.28. The molecule has 0 bridgehead atoms. The number of benzene rings is 1. The minimum absolute atomic E-state index is 0.0581. The highest BCUT2D eigenvalue weighted by atomic mass is 32.1. The lowest BCUT2D eigenvalue weighted by Crippen LogP contribution is -2.42. The van der Waals surface area contributed by atoms with Crippen molar-refractivity contribution in [3.63, 3.8) is 0 Å². The molecule has 3 aromatic rings. The van der Waals surface area contributed by atoms with E-state index in [4.69, 9.17) is 10.5 Å². The molecule has 8 heteroatoms. The number of hydrogen-bond acceptors (Lipinski definition) is 7. The number of nitrogens with zero attached hydrogens (tertiary/aromatic N) is 3. The molecular weight excluding hydrogens is 460 g/mol. The number of Topliss-reactive ketones (excluding diaryl/α,β-unsaturated/α-hetero) is 1. The number of thiophene rings is 1. The number of ether oxygens (including phenoxy) is 1. The van der Waals surface area contributed by atoms with E-state index in [1.54, 1.807) is 28.6 Å². The van der Waals surface area contributed by atoms with Crippen molar-refractivity contribution < 1.29 is 14.3 Å². The quantitative estimate of drug-likeness (QED) is 0.365. The predicted octanol–water partition coefficient (Wildman–Crippen LogP) is 5.40. The van der Waals surface area contributed by atoms with E-state index in [1.165, 1.54) is 0 Å². The first-order valence-electron chi connectivity index (χ1n) is 11.9. The third-order valence-corrected chi connectivity index (χ3v) is 6.98. The molecule has 1 aromatic carbocycles. The number of rotatable bonds is 6. The topological polar surface area (TPSA) is 98.4 Å². The zero-order chi connectivity index (χ0) is 25.0. The van der Waals surface area contributed by atoms with Crippen LogP contribution < -0.4 is 5.73 Å². The largest absolute Gasteiger partial charge is 0.444 e. The Bertz CT molecular complexity index is 1160. The Kier molecular flexibility index (Phi) is 7.50. The normalized spacial score (nSPS) is 14.7. The highest BCUT2D eigenvalue weighted by molar-refractivity contribution is 7.13. The number of carbonyl (C=O) groups is 2. The SMILES string of the molecule is CC(C)(C)OC(=O)N1CCC(Cc2ncc(C(=O)Cc3cc(-c4cccs4)ccc3N)cn2)CC1. The van der Waals surface area contributed by atoms with Crippen LogP contribution in [0.1, 0.15) is 55.4 Å². The van der Waals surface area contributed by atoms with Gasteiger partial charge >= 0.3 is 6.09 Å². The lowest BCUT2D eigenvalue weighted by molar-refractivity contribution is 0.0183. The number of amides is 1. The molecular formula is C27H32N4O3S. The molecule has 1 amide bonds. The first-order valence-corrected chi connectivity index (χ1v) is 12.8. The second kappa shape index (κ2) is 10.6. The van der Waals surface area contributed by atoms with Crippen molar-refractivity contribution in [2.45, 2.75) is 52.1 Å². The van der Waals surface area contributed by atoms with Crippen molar-refractivity contribution in [3.05, 3.63) is 65.1 Å². The van der Waals surface area contributed by atoms with Crippen molar-refractivity contribution in [2.24, 2.45) is 5.92 Å². The van der Waals surface area contributed by atoms with Crippen LogP contribution in [-0.2, 0) is 17.6 Å². The molecule has 1 saturated heterocycles. The van der Waals surface area contributed by atoms with Crippen molar-refractivity contribution in [3.8, 4) is 10.4 Å². The van der Waals surface area contributed by atoms with E-state index >= 15 is 0 Å². The summed E-state index contributed by atoms with van der Waals surface area (Å²) in [5.41, 5.74) is 8.61. The summed E-state index contributed by atoms with van der Waals surface area (Å²) in [7, 11) is 0. The Labute approximate surface area is 210 Å². The summed E-state index contributed by atoms with van der Waals surface area (Å²) in [6.07, 6.45) is 5.66. The molecule has 0 aliphatic carbocycles. The molecule has 0 spiro atoms. The predicted molar refractivity (Wildman–Crippen MR) is 138 cm³/mol. The maximum absolute atomic E-state index is 12.9. The van der Waals surface area contributed by atoms with Crippen molar-refractivity contribution >= 4 is 28.9 Å². The van der Waals surface area contributed by atoms with Crippen LogP contribution in [0.3, 0.4) is 0 Å². The van der Waals surface area contributed by atoms with Gasteiger partial charge in [0.1, 0.15) is 11.4 Å². The van der Waals surface area contributed by atoms with Crippen LogP contribution in [-0.4, -0.2) is 45.4 Å². The number of piperidine rings is 1. The summed E-state index contributed by atoms with van der Waals surface area (Å²) >= 11 is 1.65. The van der Waals surface area contributed by atoms with Gasteiger partial charge in [-0.15, -0.1) is 11.3 Å². The van der Waals surface area contributed by atoms with Gasteiger partial charge in [0.05, 0.1) is 5.56 Å². The summed E-state index contributed by atoms with van der Waals surface area (Å²) in [4.78, 5) is 36.9. The first kappa shape index (κ1) is 24.9. The fourth-order valence-corrected chi connectivity index (χ4v) is 4.86. The smallest absolute Gasteiger partial charge is 0.410 e. The van der Waals surface area contributed by atoms with Gasteiger partial charge in [-0.1, -0.05) is 12.1 Å². The van der Waals surface area contributed by atoms with Gasteiger partial charge in [-0.3, -0.25) is 4.79 Å². The molecule has 0 saturated carbocycles. The van der Waals surface area contributed by atoms with Crippen LogP contribution in [0.25, 0.3) is 10.4 Å². The second-order valence-electron chi connectivity index (χ2n) is 9.99. The summed E-state index contributed by atoms with van der Waals surface area (Å²) < 4.78 is 5.46. The van der Waals surface area contributed by atoms with E-state index in [2.05, 4.69) is 16.0 Å². The maximum Gasteiger partial charge on any atom is 0.410 e. The molecule has 1 aliphatic rings. The molecule has 0 atom stereocenters. The Morgan fingerprint density at radius 2 is 1.86 bits per heavy atom. The van der Waals surface area contributed by atoms with E-state index in [1.807, 2.05) is 50.4 Å². The number of likely N-dealkylation sites (tertiary alicyclic amines) is 1. The van der Waals surface area contributed by atoms with Gasteiger partial charge in [-0.25, -0.2) is 14.8 Å². The third kappa shape index (κ3) is 6.66. The minimum Gasteiger partial charge on any atom is -0.444 e. The monoisotopic (exact) mass is 492 g/mol. The fraction of sp³-hybridized carbons (Fsp3) is 0.407. The number of nitrogen functional groups attached to an aromatic ring is 1. The average molecular weight is 493 g/mol. The van der Waals surface area contributed by atoms with Gasteiger partial charge in [0.25, 0.3) is 0 Å². The molecule has 1 fully saturated rings. The van der Waals surface area contributed by atoms with Crippen molar-refractivity contribution in [1.29, 1.82) is 0 Å². The molecule has 4 rings (SSSR count). The first-order chi connectivity index (χ1) is 16.7. The molecule has 7 nitrogen and oxygen atoms in total. The number of ketones is 1. The lowest BCUT2D eigenvalue weighted by Gasteiger charge is -2.33. The summed E-state index contributed by atoms with van der Waals surface area (Å²) in [5, 5.41) is 2.03. The summed E-state index contributed by atoms with van der Waals surface area (Å²) in [6.45, 7) is 6.96. The molecule has 35 heavy (non-hydrogen) atoms. The molecule has 184 valence electrons. The van der Waals surface area contributed by atoms with Gasteiger partial charge in [-0.05, 0) is 74.2 Å². The average Bonchev–Trinajstić information content (AvgIpc) is 3.35. The van der Waals surface area contributed by atoms with Crippen LogP contribution in [0.15, 0.2) is 48.1 Å². The third-order valence-electron chi connectivity index (χ3n) is 6.06. The molecule has 0 unspecified atom stereocenters. The Morgan fingerprint density at radius 3 is 2.49 bits per heavy atom. The van der Waals surface area contributed by atoms with Gasteiger partial charge in [0.15, 0.2) is 5.78 Å². The van der Waals surface area contributed by atoms with E-state index < -0.39 is 5.60 Å². The number of carbonyl (C=O) groups excluding carboxylic acids is 2. The number of aromatic nitrogens is 2. The second-order valence-corrected chi connectivity index (χ2v) is 10.9. The van der Waals surface area contributed by atoms with E-state index in [0.29, 0.717) is 30.3 Å². The van der Waals surface area contributed by atoms with E-state index in [0.717, 1.165) is 41.1 Å². The van der Waals surface area contributed by atoms with Crippen molar-refractivity contribution in [2.75, 3.05) is 18.8 Å². The van der Waals surface area contributed by atoms with E-state index in [9.17, 15) is 9.59 Å². The highest BCUT2D eigenvalue weighted by Gasteiger charge is 2.27. The number of nitrogens with two attached hydrogens (primary N) is 1. The standard InChI is InChI=1S/C27H32N4O3S/c1-27(2,3)34-26(33)31-10-8-18(9-11-31)13-25-29-16-21(17-30-25)23(32)15-20-14-19(6-7-22(20)28)24-5-4-12-35-24/h4-7,12,14,16-18H,8-11,13,15,28H2,1-3H3. The van der Waals surface area contributed by atoms with Gasteiger partial charge in [0.2, 0.25) is 0 Å². The van der Waals surface area contributed by atoms with Crippen LogP contribution in [0.2, 0.25) is 0 Å². The fourth-order valence-electron chi connectivity index (χ4n) is 4.14. The molecule has 0 radical (unpaired) electrons. The Balaban J connectivity index is 1.31. The van der Waals surface area contributed by atoms with Crippen LogP contribution in [0.4, 0.5) is 10.5 Å². The summed E-state index contributed by atoms with van der Waals surface area (Å²) in [6, 6.07) is 9.87. The Morgan fingerprint density at radius 1 is 1.14 bits per heavy atom. The minimum atomic E-state index is -0.487. The van der Waals surface area contributed by atoms with Crippen LogP contribution in [0.5, 0.6) is 0 Å². The van der Waals surface area contributed by atoms with Gasteiger partial charge in [-0.2, -0.15) is 0 Å². The lowest BCUT2D eigenvalue weighted by atomic mass is 9.93. The summed E-state index contributed by atoms with van der Waals surface area (Å²) in [5.74, 6) is 1.06. The Hall–Kier alpha value is -3.26. The van der Waals surface area contributed by atoms with Crippen LogP contribution >= 0.6 is 11.3 Å². The van der Waals surface area contributed by atoms with Crippen LogP contribution in [0, 0.1) is 5.92 Å². The van der Waals surface area contributed by atoms with Gasteiger partial charge in [0, 0.05) is 48.9 Å². The number of anilines is 1. The number of hydrogen-bond donors (Lipinski definition) is 1. The van der Waals surface area contributed by atoms with Crippen molar-refractivity contribution in [1.82, 2.24) is 14.9 Å². The van der Waals surface area contributed by atoms with E-state index in [-0.39, 0.29) is 18.3 Å². The zero-order valence-electron chi connectivity index (χ0n) is 20.5. The molecule has 2 N–H and O–H groups in total. The van der Waals surface area contributed by atoms with Gasteiger partial charge < -0.3 is 15.4 Å². The zero-order valence-corrected chi connectivity index (χ0v) is 21.3.